The summed E-state index contributed by atoms with van der Waals surface area (Å²) < 4.78 is 5.30. The van der Waals surface area contributed by atoms with E-state index in [0.29, 0.717) is 6.61 Å². The van der Waals surface area contributed by atoms with Crippen LogP contribution in [0.1, 0.15) is 11.6 Å². The van der Waals surface area contributed by atoms with Crippen LogP contribution in [0.25, 0.3) is 0 Å². The third kappa shape index (κ3) is 1.79. The zero-order valence-electron chi connectivity index (χ0n) is 7.23. The van der Waals surface area contributed by atoms with Crippen LogP contribution in [0.2, 0.25) is 0 Å². The van der Waals surface area contributed by atoms with E-state index in [-0.39, 0.29) is 11.8 Å². The van der Waals surface area contributed by atoms with Gasteiger partial charge in [0.25, 0.3) is 0 Å². The maximum absolute atomic E-state index is 9.50. The number of nitrogens with zero attached hydrogens (tertiary/aromatic N) is 1. The lowest BCUT2D eigenvalue weighted by atomic mass is 10.1. The fourth-order valence-electron chi connectivity index (χ4n) is 1.46. The van der Waals surface area contributed by atoms with E-state index in [1.165, 1.54) is 6.20 Å². The van der Waals surface area contributed by atoms with Gasteiger partial charge in [-0.15, -0.1) is 0 Å². The van der Waals surface area contributed by atoms with E-state index in [1.807, 2.05) is 6.07 Å². The average molecular weight is 180 g/mol. The number of hydrogen-bond donors (Lipinski definition) is 2. The predicted octanol–water partition coefficient (Wildman–Crippen LogP) is 0.448. The van der Waals surface area contributed by atoms with Crippen molar-refractivity contribution in [2.75, 3.05) is 19.8 Å². The van der Waals surface area contributed by atoms with E-state index in [1.54, 1.807) is 6.20 Å². The zero-order chi connectivity index (χ0) is 9.10. The summed E-state index contributed by atoms with van der Waals surface area (Å²) in [5.74, 6) is 0.227. The van der Waals surface area contributed by atoms with E-state index in [4.69, 9.17) is 4.74 Å². The van der Waals surface area contributed by atoms with Crippen molar-refractivity contribution in [1.29, 1.82) is 0 Å². The molecule has 2 rings (SSSR count). The summed E-state index contributed by atoms with van der Waals surface area (Å²) in [6.07, 6.45) is 3.12. The highest BCUT2D eigenvalue weighted by molar-refractivity contribution is 5.31. The normalized spacial score (nSPS) is 22.9. The van der Waals surface area contributed by atoms with Crippen molar-refractivity contribution < 1.29 is 9.84 Å². The Balaban J connectivity index is 2.18. The van der Waals surface area contributed by atoms with Gasteiger partial charge in [-0.05, 0) is 6.07 Å². The smallest absolute Gasteiger partial charge is 0.138 e. The first kappa shape index (κ1) is 8.47. The highest BCUT2D eigenvalue weighted by atomic mass is 16.5. The van der Waals surface area contributed by atoms with Crippen molar-refractivity contribution in [3.05, 3.63) is 24.0 Å². The maximum atomic E-state index is 9.50. The molecule has 0 saturated carbocycles. The lowest BCUT2D eigenvalue weighted by Crippen LogP contribution is -2.34. The predicted molar refractivity (Wildman–Crippen MR) is 47.5 cm³/mol. The fraction of sp³-hybridized carbons (Fsp3) is 0.444. The summed E-state index contributed by atoms with van der Waals surface area (Å²) in [4.78, 5) is 3.82. The molecule has 1 aromatic heterocycles. The zero-order valence-corrected chi connectivity index (χ0v) is 7.23. The molecule has 1 saturated heterocycles. The molecule has 0 radical (unpaired) electrons. The van der Waals surface area contributed by atoms with E-state index in [0.717, 1.165) is 18.7 Å². The third-order valence-corrected chi connectivity index (χ3v) is 2.13. The van der Waals surface area contributed by atoms with Gasteiger partial charge >= 0.3 is 0 Å². The van der Waals surface area contributed by atoms with Gasteiger partial charge in [0.05, 0.1) is 25.5 Å². The molecular weight excluding hydrogens is 168 g/mol. The molecule has 0 amide bonds. The largest absolute Gasteiger partial charge is 0.506 e. The quantitative estimate of drug-likeness (QED) is 0.658. The minimum absolute atomic E-state index is 0.0942. The maximum Gasteiger partial charge on any atom is 0.138 e. The Morgan fingerprint density at radius 2 is 2.54 bits per heavy atom. The summed E-state index contributed by atoms with van der Waals surface area (Å²) in [6, 6.07) is 1.90. The number of aromatic hydroxyl groups is 1. The second kappa shape index (κ2) is 3.72. The lowest BCUT2D eigenvalue weighted by molar-refractivity contribution is 0.0760. The minimum atomic E-state index is 0.0942. The molecule has 1 fully saturated rings. The topological polar surface area (TPSA) is 54.4 Å². The Kier molecular flexibility index (Phi) is 2.42. The van der Waals surface area contributed by atoms with E-state index < -0.39 is 0 Å². The highest BCUT2D eigenvalue weighted by Gasteiger charge is 2.17. The summed E-state index contributed by atoms with van der Waals surface area (Å²) >= 11 is 0. The van der Waals surface area contributed by atoms with Gasteiger partial charge in [0, 0.05) is 18.3 Å². The molecule has 1 aliphatic rings. The van der Waals surface area contributed by atoms with Crippen LogP contribution < -0.4 is 5.32 Å². The standard InChI is InChI=1S/C9H12N2O2/c12-9-5-10-2-1-7(9)8-6-13-4-3-11-8/h1-2,5,8,11-12H,3-4,6H2. The van der Waals surface area contributed by atoms with Gasteiger partial charge in [-0.25, -0.2) is 0 Å². The molecule has 13 heavy (non-hydrogen) atoms. The second-order valence-corrected chi connectivity index (χ2v) is 3.02. The van der Waals surface area contributed by atoms with Crippen molar-refractivity contribution in [2.45, 2.75) is 6.04 Å². The molecule has 4 nitrogen and oxygen atoms in total. The van der Waals surface area contributed by atoms with E-state index in [9.17, 15) is 5.11 Å². The summed E-state index contributed by atoms with van der Waals surface area (Å²) in [7, 11) is 0. The van der Waals surface area contributed by atoms with Crippen molar-refractivity contribution in [1.82, 2.24) is 10.3 Å². The molecule has 1 aromatic rings. The van der Waals surface area contributed by atoms with Crippen LogP contribution in [-0.4, -0.2) is 29.8 Å². The SMILES string of the molecule is Oc1cnccc1C1COCCN1. The third-order valence-electron chi connectivity index (χ3n) is 2.13. The molecule has 1 aliphatic heterocycles. The second-order valence-electron chi connectivity index (χ2n) is 3.02. The van der Waals surface area contributed by atoms with Crippen LogP contribution in [-0.2, 0) is 4.74 Å². The number of hydrogen-bond acceptors (Lipinski definition) is 4. The lowest BCUT2D eigenvalue weighted by Gasteiger charge is -2.24. The Morgan fingerprint density at radius 3 is 3.23 bits per heavy atom. The number of morpholine rings is 1. The van der Waals surface area contributed by atoms with Gasteiger partial charge in [0.15, 0.2) is 0 Å². The van der Waals surface area contributed by atoms with Gasteiger partial charge in [-0.1, -0.05) is 0 Å². The average Bonchev–Trinajstić information content (AvgIpc) is 2.20. The summed E-state index contributed by atoms with van der Waals surface area (Å²) in [5, 5.41) is 12.8. The minimum Gasteiger partial charge on any atom is -0.506 e. The summed E-state index contributed by atoms with van der Waals surface area (Å²) in [6.45, 7) is 2.17. The van der Waals surface area contributed by atoms with Crippen LogP contribution in [0.15, 0.2) is 18.5 Å². The molecule has 2 heterocycles. The number of nitrogens with one attached hydrogen (secondary N) is 1. The van der Waals surface area contributed by atoms with E-state index >= 15 is 0 Å². The Morgan fingerprint density at radius 1 is 1.62 bits per heavy atom. The first-order chi connectivity index (χ1) is 6.38. The number of aromatic nitrogens is 1. The van der Waals surface area contributed by atoms with Crippen molar-refractivity contribution in [3.8, 4) is 5.75 Å². The van der Waals surface area contributed by atoms with Gasteiger partial charge < -0.3 is 15.2 Å². The molecule has 1 atom stereocenters. The Labute approximate surface area is 76.6 Å². The molecule has 0 aliphatic carbocycles. The molecule has 0 aromatic carbocycles. The first-order valence-corrected chi connectivity index (χ1v) is 4.32. The van der Waals surface area contributed by atoms with Gasteiger partial charge in [0.1, 0.15) is 5.75 Å². The molecule has 4 heteroatoms. The van der Waals surface area contributed by atoms with Crippen LogP contribution >= 0.6 is 0 Å². The molecule has 70 valence electrons. The summed E-state index contributed by atoms with van der Waals surface area (Å²) in [5.41, 5.74) is 0.856. The number of ether oxygens (including phenoxy) is 1. The molecule has 0 spiro atoms. The van der Waals surface area contributed by atoms with Crippen molar-refractivity contribution >= 4 is 0 Å². The monoisotopic (exact) mass is 180 g/mol. The van der Waals surface area contributed by atoms with Crippen LogP contribution in [0.3, 0.4) is 0 Å². The fourth-order valence-corrected chi connectivity index (χ4v) is 1.46. The van der Waals surface area contributed by atoms with Crippen LogP contribution in [0.5, 0.6) is 5.75 Å². The van der Waals surface area contributed by atoms with Crippen molar-refractivity contribution in [3.63, 3.8) is 0 Å². The Hall–Kier alpha value is -1.13. The van der Waals surface area contributed by atoms with Gasteiger partial charge in [0.2, 0.25) is 0 Å². The molecular formula is C9H12N2O2. The number of pyridine rings is 1. The molecule has 1 unspecified atom stereocenters. The molecule has 2 N–H and O–H groups in total. The molecule has 0 bridgehead atoms. The van der Waals surface area contributed by atoms with Crippen LogP contribution in [0, 0.1) is 0 Å². The first-order valence-electron chi connectivity index (χ1n) is 4.32. The van der Waals surface area contributed by atoms with E-state index in [2.05, 4.69) is 10.3 Å². The van der Waals surface area contributed by atoms with Gasteiger partial charge in [-0.2, -0.15) is 0 Å². The Bertz CT molecular complexity index is 285. The van der Waals surface area contributed by atoms with Crippen molar-refractivity contribution in [2.24, 2.45) is 0 Å². The number of rotatable bonds is 1. The highest BCUT2D eigenvalue weighted by Crippen LogP contribution is 2.23. The van der Waals surface area contributed by atoms with Crippen LogP contribution in [0.4, 0.5) is 0 Å². The van der Waals surface area contributed by atoms with Gasteiger partial charge in [-0.3, -0.25) is 4.98 Å².